The van der Waals surface area contributed by atoms with Gasteiger partial charge in [-0.05, 0) is 75.9 Å². The van der Waals surface area contributed by atoms with Gasteiger partial charge in [0, 0.05) is 37.2 Å². The number of rotatable bonds is 6. The molecular formula is C24H31N3O2S. The van der Waals surface area contributed by atoms with E-state index in [1.165, 1.54) is 11.1 Å². The minimum absolute atomic E-state index is 0.143. The topological polar surface area (TPSA) is 67.9 Å². The molecule has 2 aliphatic rings. The third-order valence-electron chi connectivity index (χ3n) is 6.28. The van der Waals surface area contributed by atoms with Crippen molar-refractivity contribution in [2.24, 2.45) is 10.3 Å². The van der Waals surface area contributed by atoms with Crippen molar-refractivity contribution >= 4 is 16.3 Å². The Labute approximate surface area is 180 Å². The molecule has 2 N–H and O–H groups in total. The van der Waals surface area contributed by atoms with Crippen LogP contribution in [0.25, 0.3) is 17.2 Å². The number of hydrogen-bond donors (Lipinski definition) is 1. The number of nitroso groups, excluding NO2 is 1. The maximum atomic E-state index is 11.4. The van der Waals surface area contributed by atoms with Crippen LogP contribution in [0.1, 0.15) is 36.5 Å². The number of hydrogen-bond acceptors (Lipinski definition) is 5. The van der Waals surface area contributed by atoms with Gasteiger partial charge in [-0.15, -0.1) is 15.1 Å². The van der Waals surface area contributed by atoms with Gasteiger partial charge in [0.25, 0.3) is 0 Å². The Morgan fingerprint density at radius 1 is 1.20 bits per heavy atom. The van der Waals surface area contributed by atoms with Gasteiger partial charge >= 0.3 is 0 Å². The fourth-order valence-corrected chi connectivity index (χ4v) is 6.74. The van der Waals surface area contributed by atoms with Crippen molar-refractivity contribution in [3.05, 3.63) is 64.2 Å². The summed E-state index contributed by atoms with van der Waals surface area (Å²) in [6, 6.07) is 12.8. The Bertz CT molecular complexity index is 951. The fraction of sp³-hybridized carbons (Fsp3) is 0.417. The van der Waals surface area contributed by atoms with Crippen LogP contribution in [0.15, 0.2) is 47.2 Å². The molecule has 0 atom stereocenters. The highest BCUT2D eigenvalue weighted by molar-refractivity contribution is 8.32. The summed E-state index contributed by atoms with van der Waals surface area (Å²) >= 11 is 0. The Morgan fingerprint density at radius 2 is 2.00 bits per heavy atom. The zero-order valence-electron chi connectivity index (χ0n) is 17.8. The smallest absolute Gasteiger partial charge is 0.125 e. The van der Waals surface area contributed by atoms with E-state index in [-0.39, 0.29) is 6.10 Å². The van der Waals surface area contributed by atoms with E-state index in [0.29, 0.717) is 6.54 Å². The second kappa shape index (κ2) is 8.82. The third-order valence-corrected chi connectivity index (χ3v) is 9.67. The SMILES string of the molecule is CCS1(N=O)CCC(Oc2cc(-c3cccc(CN)c3)cc3c2CN(C)C=C3)CC1. The van der Waals surface area contributed by atoms with Crippen molar-refractivity contribution in [3.63, 3.8) is 0 Å². The Kier molecular flexibility index (Phi) is 6.16. The lowest BCUT2D eigenvalue weighted by Crippen LogP contribution is -2.29. The summed E-state index contributed by atoms with van der Waals surface area (Å²) in [6.07, 6.45) is 6.22. The Morgan fingerprint density at radius 3 is 2.70 bits per heavy atom. The molecular weight excluding hydrogens is 394 g/mol. The number of nitrogens with two attached hydrogens (primary N) is 1. The first-order valence-corrected chi connectivity index (χ1v) is 12.8. The summed E-state index contributed by atoms with van der Waals surface area (Å²) in [4.78, 5) is 13.6. The van der Waals surface area contributed by atoms with Crippen LogP contribution in [0.5, 0.6) is 5.75 Å². The average molecular weight is 426 g/mol. The average Bonchev–Trinajstić information content (AvgIpc) is 2.80. The molecule has 0 amide bonds. The van der Waals surface area contributed by atoms with Crippen LogP contribution < -0.4 is 10.5 Å². The maximum Gasteiger partial charge on any atom is 0.125 e. The van der Waals surface area contributed by atoms with Crippen LogP contribution in [-0.4, -0.2) is 35.3 Å². The second-order valence-corrected chi connectivity index (χ2v) is 11.8. The highest BCUT2D eigenvalue weighted by Gasteiger charge is 2.32. The standard InChI is InChI=1S/C24H31N3O2S/c1-3-30(26-28)11-8-22(9-12-30)29-24-15-21(19-6-4-5-18(13-19)16-25)14-20-7-10-27(2)17-23(20)24/h4-7,10,13-15,22H,3,8-9,11-12,16-17,25H2,1-2H3. The minimum Gasteiger partial charge on any atom is -0.490 e. The molecule has 6 heteroatoms. The summed E-state index contributed by atoms with van der Waals surface area (Å²) in [7, 11) is 0.755. The summed E-state index contributed by atoms with van der Waals surface area (Å²) < 4.78 is 10.1. The highest BCUT2D eigenvalue weighted by atomic mass is 32.3. The van der Waals surface area contributed by atoms with E-state index in [2.05, 4.69) is 72.1 Å². The molecule has 0 spiro atoms. The van der Waals surface area contributed by atoms with E-state index in [4.69, 9.17) is 10.5 Å². The first kappa shape index (κ1) is 20.9. The molecule has 0 bridgehead atoms. The molecule has 5 nitrogen and oxygen atoms in total. The highest BCUT2D eigenvalue weighted by Crippen LogP contribution is 2.53. The number of ether oxygens (including phenoxy) is 1. The Balaban J connectivity index is 1.65. The predicted molar refractivity (Wildman–Crippen MR) is 128 cm³/mol. The van der Waals surface area contributed by atoms with Crippen LogP contribution in [0.2, 0.25) is 0 Å². The van der Waals surface area contributed by atoms with Gasteiger partial charge < -0.3 is 15.4 Å². The van der Waals surface area contributed by atoms with Crippen molar-refractivity contribution in [2.75, 3.05) is 24.3 Å². The summed E-state index contributed by atoms with van der Waals surface area (Å²) in [5, 5.41) is 0. The normalized spacial score (nSPS) is 25.3. The van der Waals surface area contributed by atoms with Crippen molar-refractivity contribution in [2.45, 2.75) is 39.0 Å². The minimum atomic E-state index is -1.33. The van der Waals surface area contributed by atoms with Gasteiger partial charge in [-0.3, -0.25) is 0 Å². The van der Waals surface area contributed by atoms with Crippen molar-refractivity contribution in [1.29, 1.82) is 0 Å². The quantitative estimate of drug-likeness (QED) is 0.640. The molecule has 0 saturated carbocycles. The third kappa shape index (κ3) is 4.25. The van der Waals surface area contributed by atoms with Crippen LogP contribution >= 0.6 is 10.2 Å². The zero-order valence-corrected chi connectivity index (χ0v) is 18.7. The number of benzene rings is 2. The Hall–Kier alpha value is -2.31. The van der Waals surface area contributed by atoms with Gasteiger partial charge in [0.2, 0.25) is 0 Å². The predicted octanol–water partition coefficient (Wildman–Crippen LogP) is 5.28. The molecule has 0 aliphatic carbocycles. The van der Waals surface area contributed by atoms with Gasteiger partial charge in [0.05, 0.1) is 0 Å². The molecule has 2 aromatic rings. The lowest BCUT2D eigenvalue weighted by molar-refractivity contribution is 0.188. The maximum absolute atomic E-state index is 11.4. The fourth-order valence-electron chi connectivity index (χ4n) is 4.31. The number of nitrogens with zero attached hydrogens (tertiary/aromatic N) is 2. The summed E-state index contributed by atoms with van der Waals surface area (Å²) in [5.74, 6) is 3.62. The van der Waals surface area contributed by atoms with E-state index in [0.717, 1.165) is 59.1 Å². The van der Waals surface area contributed by atoms with Crippen molar-refractivity contribution < 1.29 is 4.74 Å². The molecule has 2 aromatic carbocycles. The van der Waals surface area contributed by atoms with Gasteiger partial charge in [-0.2, -0.15) is 0 Å². The van der Waals surface area contributed by atoms with Crippen LogP contribution in [0, 0.1) is 4.91 Å². The molecule has 2 heterocycles. The number of fused-ring (bicyclic) bond motifs is 1. The van der Waals surface area contributed by atoms with E-state index < -0.39 is 10.2 Å². The lowest BCUT2D eigenvalue weighted by Gasteiger charge is -2.38. The lowest BCUT2D eigenvalue weighted by atomic mass is 9.95. The molecule has 0 unspecified atom stereocenters. The van der Waals surface area contributed by atoms with Gasteiger partial charge in [-0.1, -0.05) is 25.1 Å². The van der Waals surface area contributed by atoms with Gasteiger partial charge in [-0.25, -0.2) is 0 Å². The van der Waals surface area contributed by atoms with Gasteiger partial charge in [0.15, 0.2) is 0 Å². The monoisotopic (exact) mass is 425 g/mol. The van der Waals surface area contributed by atoms with Crippen LogP contribution in [-0.2, 0) is 13.1 Å². The molecule has 2 aliphatic heterocycles. The molecule has 1 fully saturated rings. The molecule has 0 aromatic heterocycles. The van der Waals surface area contributed by atoms with E-state index in [1.54, 1.807) is 0 Å². The molecule has 160 valence electrons. The molecule has 30 heavy (non-hydrogen) atoms. The van der Waals surface area contributed by atoms with Crippen molar-refractivity contribution in [1.82, 2.24) is 4.90 Å². The molecule has 4 rings (SSSR count). The summed E-state index contributed by atoms with van der Waals surface area (Å²) in [5.41, 5.74) is 11.7. The van der Waals surface area contributed by atoms with Crippen LogP contribution in [0.3, 0.4) is 0 Å². The van der Waals surface area contributed by atoms with E-state index in [1.807, 2.05) is 0 Å². The molecule has 0 radical (unpaired) electrons. The van der Waals surface area contributed by atoms with E-state index >= 15 is 0 Å². The van der Waals surface area contributed by atoms with Gasteiger partial charge in [0.1, 0.15) is 11.9 Å². The largest absolute Gasteiger partial charge is 0.490 e. The molecule has 1 saturated heterocycles. The summed E-state index contributed by atoms with van der Waals surface area (Å²) in [6.45, 7) is 3.45. The van der Waals surface area contributed by atoms with E-state index in [9.17, 15) is 4.91 Å². The second-order valence-electron chi connectivity index (χ2n) is 8.27. The first-order valence-electron chi connectivity index (χ1n) is 10.7. The first-order chi connectivity index (χ1) is 14.6. The zero-order chi connectivity index (χ0) is 21.1. The van der Waals surface area contributed by atoms with Crippen molar-refractivity contribution in [3.8, 4) is 16.9 Å². The van der Waals surface area contributed by atoms with Crippen LogP contribution in [0.4, 0.5) is 0 Å².